The number of carboxylic acid groups (broad SMARTS) is 1. The zero-order valence-corrected chi connectivity index (χ0v) is 12.0. The van der Waals surface area contributed by atoms with Gasteiger partial charge in [0, 0.05) is 23.4 Å². The zero-order valence-electron chi connectivity index (χ0n) is 11.2. The number of aliphatic carboxylic acids is 1. The molecule has 5 nitrogen and oxygen atoms in total. The van der Waals surface area contributed by atoms with Gasteiger partial charge in [-0.1, -0.05) is 0 Å². The molecule has 3 rings (SSSR count). The van der Waals surface area contributed by atoms with E-state index in [9.17, 15) is 14.7 Å². The third-order valence-electron chi connectivity index (χ3n) is 4.37. The Bertz CT molecular complexity index is 550. The van der Waals surface area contributed by atoms with E-state index in [1.165, 1.54) is 4.90 Å². The summed E-state index contributed by atoms with van der Waals surface area (Å²) in [5.41, 5.74) is 6.47. The van der Waals surface area contributed by atoms with Crippen molar-refractivity contribution < 1.29 is 14.7 Å². The summed E-state index contributed by atoms with van der Waals surface area (Å²) in [4.78, 5) is 26.6. The molecule has 1 saturated carbocycles. The van der Waals surface area contributed by atoms with E-state index in [1.807, 2.05) is 11.4 Å². The number of carbonyl (C=O) groups is 2. The van der Waals surface area contributed by atoms with Gasteiger partial charge in [0.25, 0.3) is 0 Å². The lowest BCUT2D eigenvalue weighted by Gasteiger charge is -2.41. The van der Waals surface area contributed by atoms with E-state index in [0.29, 0.717) is 6.54 Å². The van der Waals surface area contributed by atoms with Crippen molar-refractivity contribution in [3.05, 3.63) is 21.9 Å². The summed E-state index contributed by atoms with van der Waals surface area (Å²) in [5.74, 6) is -1.09. The first kappa shape index (κ1) is 13.6. The van der Waals surface area contributed by atoms with E-state index in [0.717, 1.165) is 36.1 Å². The van der Waals surface area contributed by atoms with Crippen LogP contribution in [0.4, 0.5) is 0 Å². The summed E-state index contributed by atoms with van der Waals surface area (Å²) >= 11 is 1.56. The number of fused-ring (bicyclic) bond motifs is 1. The standard InChI is InChI=1S/C14H18N2O3S/c15-14(4-1-5-14)8-11(17)16-6-2-10-9(3-7-20-10)12(16)13(18)19/h3,7,12H,1-2,4-6,8,15H2,(H,18,19). The summed E-state index contributed by atoms with van der Waals surface area (Å²) in [6.07, 6.45) is 3.76. The van der Waals surface area contributed by atoms with Crippen LogP contribution in [0.1, 0.15) is 42.2 Å². The summed E-state index contributed by atoms with van der Waals surface area (Å²) < 4.78 is 0. The van der Waals surface area contributed by atoms with E-state index in [2.05, 4.69) is 0 Å². The van der Waals surface area contributed by atoms with E-state index < -0.39 is 17.6 Å². The molecule has 20 heavy (non-hydrogen) atoms. The van der Waals surface area contributed by atoms with Crippen LogP contribution in [0.25, 0.3) is 0 Å². The smallest absolute Gasteiger partial charge is 0.331 e. The van der Waals surface area contributed by atoms with Crippen LogP contribution in [0.5, 0.6) is 0 Å². The van der Waals surface area contributed by atoms with E-state index in [4.69, 9.17) is 5.73 Å². The van der Waals surface area contributed by atoms with Crippen LogP contribution >= 0.6 is 11.3 Å². The number of hydrogen-bond acceptors (Lipinski definition) is 4. The van der Waals surface area contributed by atoms with Gasteiger partial charge in [0.15, 0.2) is 6.04 Å². The molecule has 0 saturated heterocycles. The Balaban J connectivity index is 1.82. The van der Waals surface area contributed by atoms with Crippen LogP contribution in [0.3, 0.4) is 0 Å². The molecule has 0 bridgehead atoms. The maximum Gasteiger partial charge on any atom is 0.331 e. The second kappa shape index (κ2) is 4.86. The van der Waals surface area contributed by atoms with Gasteiger partial charge in [-0.05, 0) is 42.7 Å². The Morgan fingerprint density at radius 3 is 2.85 bits per heavy atom. The van der Waals surface area contributed by atoms with Crippen molar-refractivity contribution in [2.45, 2.75) is 43.7 Å². The number of hydrogen-bond donors (Lipinski definition) is 2. The van der Waals surface area contributed by atoms with Crippen LogP contribution in [0, 0.1) is 0 Å². The van der Waals surface area contributed by atoms with E-state index in [-0.39, 0.29) is 12.3 Å². The zero-order chi connectivity index (χ0) is 14.3. The second-order valence-electron chi connectivity index (χ2n) is 5.77. The number of rotatable bonds is 3. The minimum Gasteiger partial charge on any atom is -0.479 e. The van der Waals surface area contributed by atoms with E-state index >= 15 is 0 Å². The fourth-order valence-corrected chi connectivity index (χ4v) is 3.97. The molecular formula is C14H18N2O3S. The maximum atomic E-state index is 12.4. The lowest BCUT2D eigenvalue weighted by Crippen LogP contribution is -2.52. The van der Waals surface area contributed by atoms with Crippen LogP contribution in [-0.4, -0.2) is 34.0 Å². The number of carboxylic acids is 1. The SMILES string of the molecule is NC1(CC(=O)N2CCc3sccc3C2C(=O)O)CCC1. The molecule has 0 aromatic carbocycles. The minimum absolute atomic E-state index is 0.128. The van der Waals surface area contributed by atoms with Gasteiger partial charge in [0.2, 0.25) is 5.91 Å². The Morgan fingerprint density at radius 2 is 2.25 bits per heavy atom. The number of thiophene rings is 1. The molecule has 108 valence electrons. The number of nitrogens with two attached hydrogens (primary N) is 1. The third kappa shape index (κ3) is 2.23. The first-order chi connectivity index (χ1) is 9.50. The molecule has 1 unspecified atom stereocenters. The van der Waals surface area contributed by atoms with Crippen LogP contribution in [0.2, 0.25) is 0 Å². The third-order valence-corrected chi connectivity index (χ3v) is 5.37. The van der Waals surface area contributed by atoms with Crippen LogP contribution in [0.15, 0.2) is 11.4 Å². The molecule has 2 aliphatic rings. The fourth-order valence-electron chi connectivity index (χ4n) is 3.06. The highest BCUT2D eigenvalue weighted by Crippen LogP contribution is 2.37. The molecule has 1 amide bonds. The predicted octanol–water partition coefficient (Wildman–Crippen LogP) is 1.53. The lowest BCUT2D eigenvalue weighted by molar-refractivity contribution is -0.152. The highest BCUT2D eigenvalue weighted by molar-refractivity contribution is 7.10. The number of carbonyl (C=O) groups excluding carboxylic acids is 1. The second-order valence-corrected chi connectivity index (χ2v) is 6.77. The van der Waals surface area contributed by atoms with Crippen molar-refractivity contribution in [3.8, 4) is 0 Å². The van der Waals surface area contributed by atoms with Crippen molar-refractivity contribution in [1.29, 1.82) is 0 Å². The number of nitrogens with zero attached hydrogens (tertiary/aromatic N) is 1. The van der Waals surface area contributed by atoms with Gasteiger partial charge in [0.1, 0.15) is 0 Å². The molecule has 0 spiro atoms. The average Bonchev–Trinajstić information content (AvgIpc) is 2.83. The molecule has 1 aliphatic heterocycles. The van der Waals surface area contributed by atoms with Gasteiger partial charge in [-0.25, -0.2) is 4.79 Å². The predicted molar refractivity (Wildman–Crippen MR) is 75.5 cm³/mol. The topological polar surface area (TPSA) is 83.6 Å². The first-order valence-corrected chi connectivity index (χ1v) is 7.76. The summed E-state index contributed by atoms with van der Waals surface area (Å²) in [7, 11) is 0. The van der Waals surface area contributed by atoms with Gasteiger partial charge in [-0.15, -0.1) is 11.3 Å². The molecular weight excluding hydrogens is 276 g/mol. The number of amides is 1. The van der Waals surface area contributed by atoms with Gasteiger partial charge in [0.05, 0.1) is 0 Å². The Hall–Kier alpha value is -1.40. The maximum absolute atomic E-state index is 12.4. The van der Waals surface area contributed by atoms with Crippen LogP contribution < -0.4 is 5.73 Å². The van der Waals surface area contributed by atoms with Gasteiger partial charge in [-0.2, -0.15) is 0 Å². The molecule has 1 atom stereocenters. The lowest BCUT2D eigenvalue weighted by atomic mass is 9.75. The average molecular weight is 294 g/mol. The Kier molecular flexibility index (Phi) is 3.30. The molecule has 3 N–H and O–H groups in total. The van der Waals surface area contributed by atoms with Crippen molar-refractivity contribution >= 4 is 23.2 Å². The summed E-state index contributed by atoms with van der Waals surface area (Å²) in [6, 6.07) is 0.973. The Morgan fingerprint density at radius 1 is 1.50 bits per heavy atom. The van der Waals surface area contributed by atoms with Crippen molar-refractivity contribution in [2.75, 3.05) is 6.54 Å². The first-order valence-electron chi connectivity index (χ1n) is 6.88. The molecule has 1 fully saturated rings. The quantitative estimate of drug-likeness (QED) is 0.885. The highest BCUT2D eigenvalue weighted by Gasteiger charge is 2.41. The molecule has 1 aliphatic carbocycles. The molecule has 2 heterocycles. The van der Waals surface area contributed by atoms with Gasteiger partial charge < -0.3 is 15.7 Å². The normalized spacial score (nSPS) is 23.9. The van der Waals surface area contributed by atoms with Crippen molar-refractivity contribution in [1.82, 2.24) is 4.90 Å². The fraction of sp³-hybridized carbons (Fsp3) is 0.571. The van der Waals surface area contributed by atoms with E-state index in [1.54, 1.807) is 11.3 Å². The molecule has 0 radical (unpaired) electrons. The van der Waals surface area contributed by atoms with Gasteiger partial charge in [-0.3, -0.25) is 4.79 Å². The molecule has 1 aromatic heterocycles. The highest BCUT2D eigenvalue weighted by atomic mass is 32.1. The molecule has 6 heteroatoms. The van der Waals surface area contributed by atoms with Gasteiger partial charge >= 0.3 is 5.97 Å². The van der Waals surface area contributed by atoms with Crippen LogP contribution in [-0.2, 0) is 16.0 Å². The molecule has 1 aromatic rings. The monoisotopic (exact) mass is 294 g/mol. The Labute approximate surface area is 121 Å². The van der Waals surface area contributed by atoms with Crippen molar-refractivity contribution in [3.63, 3.8) is 0 Å². The summed E-state index contributed by atoms with van der Waals surface area (Å²) in [5, 5.41) is 11.4. The largest absolute Gasteiger partial charge is 0.479 e. The van der Waals surface area contributed by atoms with Crippen molar-refractivity contribution in [2.24, 2.45) is 5.73 Å². The minimum atomic E-state index is -0.961. The summed E-state index contributed by atoms with van der Waals surface area (Å²) in [6.45, 7) is 0.472.